The van der Waals surface area contributed by atoms with Crippen LogP contribution in [-0.4, -0.2) is 62.7 Å². The molecule has 0 N–H and O–H groups in total. The Balaban J connectivity index is 1.36. The highest BCUT2D eigenvalue weighted by atomic mass is 32.1. The molecule has 3 aromatic rings. The van der Waals surface area contributed by atoms with Gasteiger partial charge in [-0.3, -0.25) is 4.79 Å². The van der Waals surface area contributed by atoms with Crippen molar-refractivity contribution in [1.82, 2.24) is 9.88 Å². The van der Waals surface area contributed by atoms with Crippen LogP contribution < -0.4 is 14.5 Å². The van der Waals surface area contributed by atoms with Gasteiger partial charge in [-0.15, -0.1) is 0 Å². The number of nitrogens with zero attached hydrogens (tertiary/aromatic N) is 4. The lowest BCUT2D eigenvalue weighted by atomic mass is 10.1. The Labute approximate surface area is 181 Å². The molecule has 0 bridgehead atoms. The van der Waals surface area contributed by atoms with Crippen LogP contribution in [0.5, 0.6) is 5.75 Å². The molecule has 0 spiro atoms. The van der Waals surface area contributed by atoms with Gasteiger partial charge in [0.05, 0.1) is 23.9 Å². The van der Waals surface area contributed by atoms with Crippen molar-refractivity contribution in [1.29, 1.82) is 0 Å². The van der Waals surface area contributed by atoms with Crippen LogP contribution in [0.4, 0.5) is 10.8 Å². The number of anilines is 2. The fraction of sp³-hybridized carbons (Fsp3) is 0.391. The number of hydrogen-bond donors (Lipinski definition) is 0. The number of ether oxygens (including phenoxy) is 1. The molecule has 1 aliphatic rings. The van der Waals surface area contributed by atoms with Crippen LogP contribution in [0.2, 0.25) is 0 Å². The quantitative estimate of drug-likeness (QED) is 0.625. The number of carbonyl (C=O) groups excluding carboxylic acids is 1. The summed E-state index contributed by atoms with van der Waals surface area (Å²) in [6, 6.07) is 12.3. The number of hydrogen-bond acceptors (Lipinski definition) is 6. The van der Waals surface area contributed by atoms with Crippen LogP contribution in [0.15, 0.2) is 36.4 Å². The van der Waals surface area contributed by atoms with Crippen LogP contribution >= 0.6 is 11.3 Å². The maximum atomic E-state index is 12.9. The molecule has 2 heterocycles. The fourth-order valence-corrected chi connectivity index (χ4v) is 4.86. The van der Waals surface area contributed by atoms with Crippen molar-refractivity contribution in [2.75, 3.05) is 56.7 Å². The summed E-state index contributed by atoms with van der Waals surface area (Å²) in [5, 5.41) is 0.896. The Morgan fingerprint density at radius 3 is 2.37 bits per heavy atom. The van der Waals surface area contributed by atoms with E-state index in [-0.39, 0.29) is 5.91 Å². The number of aromatic nitrogens is 1. The second kappa shape index (κ2) is 8.52. The first-order valence-electron chi connectivity index (χ1n) is 10.2. The molecule has 0 aliphatic carbocycles. The first-order chi connectivity index (χ1) is 14.5. The van der Waals surface area contributed by atoms with E-state index in [0.29, 0.717) is 6.54 Å². The number of methoxy groups -OCH3 is 1. The standard InChI is InChI=1S/C23H28N4O2S/c1-16-5-6-17(2)22-21(16)24-23(30-22)25(3)15-20(28)27-13-11-26(12-14-27)18-7-9-19(29-4)10-8-18/h5-10H,11-15H2,1-4H3. The third kappa shape index (κ3) is 4.07. The Morgan fingerprint density at radius 2 is 1.73 bits per heavy atom. The van der Waals surface area contributed by atoms with E-state index in [1.54, 1.807) is 18.4 Å². The molecule has 1 aromatic heterocycles. The normalized spacial score (nSPS) is 14.3. The predicted octanol–water partition coefficient (Wildman–Crippen LogP) is 3.71. The van der Waals surface area contributed by atoms with Gasteiger partial charge >= 0.3 is 0 Å². The summed E-state index contributed by atoms with van der Waals surface area (Å²) < 4.78 is 6.44. The van der Waals surface area contributed by atoms with E-state index < -0.39 is 0 Å². The van der Waals surface area contributed by atoms with Gasteiger partial charge in [0.1, 0.15) is 5.75 Å². The third-order valence-electron chi connectivity index (χ3n) is 5.70. The van der Waals surface area contributed by atoms with Crippen molar-refractivity contribution in [3.05, 3.63) is 47.5 Å². The average molecular weight is 425 g/mol. The van der Waals surface area contributed by atoms with Gasteiger partial charge in [-0.25, -0.2) is 4.98 Å². The third-order valence-corrected chi connectivity index (χ3v) is 7.00. The number of likely N-dealkylation sites (N-methyl/N-ethyl adjacent to an activating group) is 1. The van der Waals surface area contributed by atoms with Gasteiger partial charge in [0.15, 0.2) is 5.13 Å². The predicted molar refractivity (Wildman–Crippen MR) is 124 cm³/mol. The number of rotatable bonds is 5. The van der Waals surface area contributed by atoms with E-state index >= 15 is 0 Å². The van der Waals surface area contributed by atoms with Gasteiger partial charge in [-0.1, -0.05) is 23.5 Å². The summed E-state index contributed by atoms with van der Waals surface area (Å²) in [6.07, 6.45) is 0. The molecular weight excluding hydrogens is 396 g/mol. The number of carbonyl (C=O) groups is 1. The van der Waals surface area contributed by atoms with Crippen molar-refractivity contribution in [3.8, 4) is 5.75 Å². The van der Waals surface area contributed by atoms with E-state index in [2.05, 4.69) is 43.0 Å². The van der Waals surface area contributed by atoms with Crippen LogP contribution in [0.1, 0.15) is 11.1 Å². The van der Waals surface area contributed by atoms with E-state index in [0.717, 1.165) is 42.6 Å². The Kier molecular flexibility index (Phi) is 5.81. The number of aryl methyl sites for hydroxylation is 2. The van der Waals surface area contributed by atoms with E-state index in [1.165, 1.54) is 21.5 Å². The minimum absolute atomic E-state index is 0.152. The Bertz CT molecular complexity index is 1000. The molecule has 7 heteroatoms. The molecule has 1 fully saturated rings. The summed E-state index contributed by atoms with van der Waals surface area (Å²) in [7, 11) is 3.63. The maximum absolute atomic E-state index is 12.9. The number of amides is 1. The SMILES string of the molecule is COc1ccc(N2CCN(C(=O)CN(C)c3nc4c(C)ccc(C)c4s3)CC2)cc1. The monoisotopic (exact) mass is 424 g/mol. The Morgan fingerprint density at radius 1 is 1.07 bits per heavy atom. The zero-order chi connectivity index (χ0) is 21.3. The minimum Gasteiger partial charge on any atom is -0.497 e. The highest BCUT2D eigenvalue weighted by molar-refractivity contribution is 7.22. The van der Waals surface area contributed by atoms with E-state index in [4.69, 9.17) is 9.72 Å². The lowest BCUT2D eigenvalue weighted by Gasteiger charge is -2.36. The first kappa shape index (κ1) is 20.5. The van der Waals surface area contributed by atoms with Crippen molar-refractivity contribution in [2.45, 2.75) is 13.8 Å². The summed E-state index contributed by atoms with van der Waals surface area (Å²) >= 11 is 1.66. The summed E-state index contributed by atoms with van der Waals surface area (Å²) in [4.78, 5) is 23.9. The van der Waals surface area contributed by atoms with Crippen LogP contribution in [0, 0.1) is 13.8 Å². The van der Waals surface area contributed by atoms with Crippen LogP contribution in [0.25, 0.3) is 10.2 Å². The van der Waals surface area contributed by atoms with Crippen molar-refractivity contribution in [3.63, 3.8) is 0 Å². The van der Waals surface area contributed by atoms with Crippen molar-refractivity contribution < 1.29 is 9.53 Å². The molecule has 0 saturated carbocycles. The topological polar surface area (TPSA) is 48.9 Å². The molecule has 30 heavy (non-hydrogen) atoms. The number of benzene rings is 2. The number of piperazine rings is 1. The van der Waals surface area contributed by atoms with Gasteiger partial charge in [0.2, 0.25) is 5.91 Å². The minimum atomic E-state index is 0.152. The van der Waals surface area contributed by atoms with E-state index in [1.807, 2.05) is 29.0 Å². The molecule has 1 saturated heterocycles. The molecule has 0 unspecified atom stereocenters. The van der Waals surface area contributed by atoms with E-state index in [9.17, 15) is 4.79 Å². The lowest BCUT2D eigenvalue weighted by molar-refractivity contribution is -0.129. The molecule has 6 nitrogen and oxygen atoms in total. The fourth-order valence-electron chi connectivity index (χ4n) is 3.79. The molecule has 1 amide bonds. The Hall–Kier alpha value is -2.80. The summed E-state index contributed by atoms with van der Waals surface area (Å²) in [5.74, 6) is 1.01. The molecule has 158 valence electrons. The summed E-state index contributed by atoms with van der Waals surface area (Å²) in [5.41, 5.74) is 4.61. The highest BCUT2D eigenvalue weighted by Crippen LogP contribution is 2.32. The molecule has 2 aromatic carbocycles. The smallest absolute Gasteiger partial charge is 0.242 e. The average Bonchev–Trinajstić information content (AvgIpc) is 3.24. The van der Waals surface area contributed by atoms with Crippen LogP contribution in [-0.2, 0) is 4.79 Å². The van der Waals surface area contributed by atoms with Gasteiger partial charge in [-0.05, 0) is 49.2 Å². The van der Waals surface area contributed by atoms with Gasteiger partial charge in [0.25, 0.3) is 0 Å². The van der Waals surface area contributed by atoms with Crippen molar-refractivity contribution in [2.24, 2.45) is 0 Å². The lowest BCUT2D eigenvalue weighted by Crippen LogP contribution is -2.51. The zero-order valence-corrected chi connectivity index (χ0v) is 18.8. The highest BCUT2D eigenvalue weighted by Gasteiger charge is 2.23. The zero-order valence-electron chi connectivity index (χ0n) is 18.0. The number of thiazole rings is 1. The first-order valence-corrected chi connectivity index (χ1v) is 11.0. The van der Waals surface area contributed by atoms with Gasteiger partial charge in [-0.2, -0.15) is 0 Å². The van der Waals surface area contributed by atoms with Crippen LogP contribution in [0.3, 0.4) is 0 Å². The molecular formula is C23H28N4O2S. The summed E-state index contributed by atoms with van der Waals surface area (Å²) in [6.45, 7) is 7.67. The molecule has 0 radical (unpaired) electrons. The maximum Gasteiger partial charge on any atom is 0.242 e. The second-order valence-electron chi connectivity index (χ2n) is 7.80. The largest absolute Gasteiger partial charge is 0.497 e. The van der Waals surface area contributed by atoms with Crippen molar-refractivity contribution >= 4 is 38.3 Å². The number of fused-ring (bicyclic) bond motifs is 1. The molecule has 1 aliphatic heterocycles. The molecule has 4 rings (SSSR count). The van der Waals surface area contributed by atoms with Gasteiger partial charge < -0.3 is 19.4 Å². The van der Waals surface area contributed by atoms with Gasteiger partial charge in [0, 0.05) is 38.9 Å². The molecule has 0 atom stereocenters. The second-order valence-corrected chi connectivity index (χ2v) is 8.77.